The van der Waals surface area contributed by atoms with Gasteiger partial charge in [0, 0.05) is 43.6 Å². The summed E-state index contributed by atoms with van der Waals surface area (Å²) < 4.78 is 11.3. The molecular formula is C16H24N2O4. The van der Waals surface area contributed by atoms with E-state index in [1.165, 1.54) is 0 Å². The van der Waals surface area contributed by atoms with Gasteiger partial charge in [-0.3, -0.25) is 10.1 Å². The van der Waals surface area contributed by atoms with Crippen LogP contribution < -0.4 is 4.90 Å². The fraction of sp³-hybridized carbons (Fsp3) is 0.625. The number of hydrogen-bond acceptors (Lipinski definition) is 5. The van der Waals surface area contributed by atoms with Crippen LogP contribution in [-0.2, 0) is 16.1 Å². The molecule has 1 aromatic rings. The Morgan fingerprint density at radius 1 is 1.27 bits per heavy atom. The molecule has 0 bridgehead atoms. The van der Waals surface area contributed by atoms with Crippen LogP contribution in [0.4, 0.5) is 11.4 Å². The molecule has 0 radical (unpaired) electrons. The smallest absolute Gasteiger partial charge is 0.269 e. The van der Waals surface area contributed by atoms with Gasteiger partial charge in [-0.25, -0.2) is 0 Å². The van der Waals surface area contributed by atoms with Crippen LogP contribution in [0.1, 0.15) is 33.3 Å². The summed E-state index contributed by atoms with van der Waals surface area (Å²) in [5.74, 6) is 0. The highest BCUT2D eigenvalue weighted by Crippen LogP contribution is 2.34. The highest BCUT2D eigenvalue weighted by molar-refractivity contribution is 5.58. The predicted octanol–water partition coefficient (Wildman–Crippen LogP) is 3.14. The van der Waals surface area contributed by atoms with E-state index in [9.17, 15) is 10.1 Å². The van der Waals surface area contributed by atoms with E-state index in [1.54, 1.807) is 19.2 Å². The molecule has 1 saturated heterocycles. The van der Waals surface area contributed by atoms with Crippen LogP contribution in [0.2, 0.25) is 0 Å². The lowest BCUT2D eigenvalue weighted by molar-refractivity contribution is -0.384. The first-order valence-corrected chi connectivity index (χ1v) is 7.35. The third-order valence-corrected chi connectivity index (χ3v) is 3.61. The van der Waals surface area contributed by atoms with E-state index in [0.29, 0.717) is 6.61 Å². The first-order valence-electron chi connectivity index (χ1n) is 7.35. The predicted molar refractivity (Wildman–Crippen MR) is 85.3 cm³/mol. The zero-order valence-electron chi connectivity index (χ0n) is 13.9. The van der Waals surface area contributed by atoms with E-state index in [0.717, 1.165) is 24.3 Å². The normalized spacial score (nSPS) is 20.0. The SMILES string of the molecule is COCc1cc([N+](=O)[O-])ccc1N1CC(C)(C)OC(C)(C)C1. The van der Waals surface area contributed by atoms with Crippen molar-refractivity contribution in [3.8, 4) is 0 Å². The van der Waals surface area contributed by atoms with Crippen LogP contribution in [0.25, 0.3) is 0 Å². The maximum absolute atomic E-state index is 11.0. The van der Waals surface area contributed by atoms with Gasteiger partial charge in [-0.15, -0.1) is 0 Å². The maximum Gasteiger partial charge on any atom is 0.269 e. The van der Waals surface area contributed by atoms with Crippen molar-refractivity contribution in [1.29, 1.82) is 0 Å². The van der Waals surface area contributed by atoms with E-state index < -0.39 is 0 Å². The molecule has 2 rings (SSSR count). The standard InChI is InChI=1S/C16H24N2O4/c1-15(2)10-17(11-16(3,4)22-15)14-7-6-13(18(19)20)8-12(14)9-21-5/h6-8H,9-11H2,1-5H3. The second kappa shape index (κ2) is 5.85. The molecule has 1 aromatic carbocycles. The van der Waals surface area contributed by atoms with Crippen molar-refractivity contribution in [3.05, 3.63) is 33.9 Å². The Bertz CT molecular complexity index is 553. The second-order valence-electron chi connectivity index (χ2n) is 6.98. The number of ether oxygens (including phenoxy) is 2. The van der Waals surface area contributed by atoms with Crippen LogP contribution in [-0.4, -0.2) is 36.3 Å². The van der Waals surface area contributed by atoms with E-state index >= 15 is 0 Å². The summed E-state index contributed by atoms with van der Waals surface area (Å²) in [6, 6.07) is 4.95. The molecule has 0 aliphatic carbocycles. The van der Waals surface area contributed by atoms with Crippen molar-refractivity contribution in [2.24, 2.45) is 0 Å². The van der Waals surface area contributed by atoms with E-state index in [1.807, 2.05) is 6.07 Å². The van der Waals surface area contributed by atoms with Crippen molar-refractivity contribution < 1.29 is 14.4 Å². The number of nitrogens with zero attached hydrogens (tertiary/aromatic N) is 2. The van der Waals surface area contributed by atoms with Crippen LogP contribution >= 0.6 is 0 Å². The second-order valence-corrected chi connectivity index (χ2v) is 6.98. The fourth-order valence-corrected chi connectivity index (χ4v) is 3.22. The lowest BCUT2D eigenvalue weighted by Crippen LogP contribution is -2.57. The maximum atomic E-state index is 11.0. The van der Waals surface area contributed by atoms with E-state index in [2.05, 4.69) is 32.6 Å². The minimum Gasteiger partial charge on any atom is -0.380 e. The van der Waals surface area contributed by atoms with Crippen LogP contribution in [0.15, 0.2) is 18.2 Å². The van der Waals surface area contributed by atoms with Gasteiger partial charge in [-0.1, -0.05) is 0 Å². The quantitative estimate of drug-likeness (QED) is 0.631. The van der Waals surface area contributed by atoms with Crippen molar-refractivity contribution in [3.63, 3.8) is 0 Å². The number of morpholine rings is 1. The number of nitro benzene ring substituents is 1. The molecule has 22 heavy (non-hydrogen) atoms. The van der Waals surface area contributed by atoms with Gasteiger partial charge in [0.15, 0.2) is 0 Å². The molecule has 6 heteroatoms. The molecule has 122 valence electrons. The van der Waals surface area contributed by atoms with Crippen molar-refractivity contribution in [2.45, 2.75) is 45.5 Å². The van der Waals surface area contributed by atoms with Gasteiger partial charge in [-0.2, -0.15) is 0 Å². The number of hydrogen-bond donors (Lipinski definition) is 0. The lowest BCUT2D eigenvalue weighted by atomic mass is 9.97. The van der Waals surface area contributed by atoms with Gasteiger partial charge in [0.1, 0.15) is 0 Å². The Balaban J connectivity index is 2.40. The Labute approximate surface area is 131 Å². The number of rotatable bonds is 4. The molecule has 0 spiro atoms. The Morgan fingerprint density at radius 2 is 1.86 bits per heavy atom. The topological polar surface area (TPSA) is 64.8 Å². The number of methoxy groups -OCH3 is 1. The van der Waals surface area contributed by atoms with Gasteiger partial charge >= 0.3 is 0 Å². The minimum absolute atomic E-state index is 0.0857. The number of anilines is 1. The van der Waals surface area contributed by atoms with Crippen LogP contribution in [0.5, 0.6) is 0 Å². The van der Waals surface area contributed by atoms with Gasteiger partial charge in [-0.05, 0) is 33.8 Å². The van der Waals surface area contributed by atoms with Gasteiger partial charge < -0.3 is 14.4 Å². The molecule has 6 nitrogen and oxygen atoms in total. The number of nitro groups is 1. The monoisotopic (exact) mass is 308 g/mol. The molecule has 0 saturated carbocycles. The molecule has 0 amide bonds. The first-order chi connectivity index (χ1) is 10.1. The average molecular weight is 308 g/mol. The molecule has 1 aliphatic rings. The largest absolute Gasteiger partial charge is 0.380 e. The number of non-ortho nitro benzene ring substituents is 1. The zero-order chi connectivity index (χ0) is 16.5. The van der Waals surface area contributed by atoms with Gasteiger partial charge in [0.25, 0.3) is 5.69 Å². The molecule has 1 heterocycles. The number of benzene rings is 1. The zero-order valence-corrected chi connectivity index (χ0v) is 13.9. The highest BCUT2D eigenvalue weighted by atomic mass is 16.6. The Kier molecular flexibility index (Phi) is 4.44. The average Bonchev–Trinajstić information content (AvgIpc) is 2.35. The van der Waals surface area contributed by atoms with E-state index in [4.69, 9.17) is 9.47 Å². The summed E-state index contributed by atoms with van der Waals surface area (Å²) in [5, 5.41) is 11.0. The highest BCUT2D eigenvalue weighted by Gasteiger charge is 2.38. The molecule has 1 fully saturated rings. The lowest BCUT2D eigenvalue weighted by Gasteiger charge is -2.48. The van der Waals surface area contributed by atoms with Crippen molar-refractivity contribution in [1.82, 2.24) is 0 Å². The minimum atomic E-state index is -0.379. The summed E-state index contributed by atoms with van der Waals surface area (Å²) >= 11 is 0. The van der Waals surface area contributed by atoms with Gasteiger partial charge in [0.05, 0.1) is 22.7 Å². The Hall–Kier alpha value is -1.66. The summed E-state index contributed by atoms with van der Waals surface area (Å²) in [5.41, 5.74) is 1.31. The molecule has 0 N–H and O–H groups in total. The third kappa shape index (κ3) is 3.75. The molecular weight excluding hydrogens is 284 g/mol. The van der Waals surface area contributed by atoms with Crippen molar-refractivity contribution in [2.75, 3.05) is 25.1 Å². The first kappa shape index (κ1) is 16.7. The van der Waals surface area contributed by atoms with Crippen LogP contribution in [0, 0.1) is 10.1 Å². The summed E-state index contributed by atoms with van der Waals surface area (Å²) in [6.45, 7) is 10.0. The molecule has 0 aromatic heterocycles. The molecule has 1 aliphatic heterocycles. The Morgan fingerprint density at radius 3 is 2.36 bits per heavy atom. The van der Waals surface area contributed by atoms with Crippen molar-refractivity contribution >= 4 is 11.4 Å². The molecule has 0 atom stereocenters. The van der Waals surface area contributed by atoms with Crippen LogP contribution in [0.3, 0.4) is 0 Å². The molecule has 0 unspecified atom stereocenters. The summed E-state index contributed by atoms with van der Waals surface area (Å²) in [7, 11) is 1.59. The summed E-state index contributed by atoms with van der Waals surface area (Å²) in [6.07, 6.45) is 0. The summed E-state index contributed by atoms with van der Waals surface area (Å²) in [4.78, 5) is 12.8. The fourth-order valence-electron chi connectivity index (χ4n) is 3.22. The van der Waals surface area contributed by atoms with Gasteiger partial charge in [0.2, 0.25) is 0 Å². The van der Waals surface area contributed by atoms with E-state index in [-0.39, 0.29) is 21.8 Å². The third-order valence-electron chi connectivity index (χ3n) is 3.61.